The molecule has 1 saturated carbocycles. The van der Waals surface area contributed by atoms with E-state index in [4.69, 9.17) is 4.74 Å². The smallest absolute Gasteiger partial charge is 0.331 e. The molecule has 23 heavy (non-hydrogen) atoms. The molecule has 2 heteroatoms. The van der Waals surface area contributed by atoms with Crippen molar-refractivity contribution in [1.29, 1.82) is 0 Å². The Morgan fingerprint density at radius 1 is 1.13 bits per heavy atom. The lowest BCUT2D eigenvalue weighted by Gasteiger charge is -2.21. The third kappa shape index (κ3) is 10.4. The summed E-state index contributed by atoms with van der Waals surface area (Å²) in [5, 5.41) is 0. The minimum absolute atomic E-state index is 0.144. The normalized spacial score (nSPS) is 18.6. The van der Waals surface area contributed by atoms with Crippen molar-refractivity contribution < 1.29 is 9.53 Å². The number of allylic oxidation sites excluding steroid dienone is 3. The van der Waals surface area contributed by atoms with Gasteiger partial charge in [-0.05, 0) is 56.4 Å². The lowest BCUT2D eigenvalue weighted by atomic mass is 9.97. The first-order valence-electron chi connectivity index (χ1n) is 9.52. The van der Waals surface area contributed by atoms with Crippen molar-refractivity contribution in [2.45, 2.75) is 91.6 Å². The predicted molar refractivity (Wildman–Crippen MR) is 98.3 cm³/mol. The Hall–Kier alpha value is -1.05. The molecule has 0 aromatic rings. The highest BCUT2D eigenvalue weighted by molar-refractivity contribution is 5.83. The van der Waals surface area contributed by atoms with Crippen LogP contribution in [0.3, 0.4) is 0 Å². The minimum atomic E-state index is -0.177. The van der Waals surface area contributed by atoms with Crippen molar-refractivity contribution in [1.82, 2.24) is 0 Å². The summed E-state index contributed by atoms with van der Waals surface area (Å²) in [5.74, 6) is 1.34. The zero-order valence-electron chi connectivity index (χ0n) is 15.6. The quantitative estimate of drug-likeness (QED) is 0.286. The zero-order chi connectivity index (χ0) is 17.1. The molecule has 1 rings (SSSR count). The van der Waals surface area contributed by atoms with E-state index in [1.807, 2.05) is 6.92 Å². The van der Waals surface area contributed by atoms with Crippen LogP contribution in [0.15, 0.2) is 23.8 Å². The van der Waals surface area contributed by atoms with E-state index in [0.717, 1.165) is 30.8 Å². The minimum Gasteiger partial charge on any atom is -0.459 e. The number of ether oxygens (including phenoxy) is 1. The first-order valence-corrected chi connectivity index (χ1v) is 9.52. The Kier molecular flexibility index (Phi) is 9.98. The van der Waals surface area contributed by atoms with Gasteiger partial charge in [0.05, 0.1) is 0 Å². The molecular weight excluding hydrogens is 284 g/mol. The highest BCUT2D eigenvalue weighted by atomic mass is 16.5. The van der Waals surface area contributed by atoms with E-state index in [1.54, 1.807) is 6.08 Å². The second kappa shape index (κ2) is 11.5. The third-order valence-corrected chi connectivity index (χ3v) is 4.58. The lowest BCUT2D eigenvalue weighted by molar-refractivity contribution is -0.144. The topological polar surface area (TPSA) is 26.3 Å². The van der Waals surface area contributed by atoms with Crippen LogP contribution in [-0.4, -0.2) is 12.1 Å². The number of rotatable bonds is 9. The molecule has 0 spiro atoms. The Bertz CT molecular complexity index is 387. The average molecular weight is 321 g/mol. The van der Waals surface area contributed by atoms with Gasteiger partial charge in [-0.25, -0.2) is 4.79 Å². The molecule has 0 N–H and O–H groups in total. The average Bonchev–Trinajstić information content (AvgIpc) is 2.47. The summed E-state index contributed by atoms with van der Waals surface area (Å²) in [5.41, 5.74) is 0.986. The van der Waals surface area contributed by atoms with E-state index in [0.29, 0.717) is 5.92 Å². The number of carbonyl (C=O) groups excluding carboxylic acids is 1. The predicted octanol–water partition coefficient (Wildman–Crippen LogP) is 6.22. The van der Waals surface area contributed by atoms with Gasteiger partial charge in [0.1, 0.15) is 6.10 Å². The fourth-order valence-corrected chi connectivity index (χ4v) is 3.09. The van der Waals surface area contributed by atoms with Crippen LogP contribution in [-0.2, 0) is 9.53 Å². The van der Waals surface area contributed by atoms with Gasteiger partial charge in [-0.2, -0.15) is 0 Å². The van der Waals surface area contributed by atoms with Crippen LogP contribution in [0.2, 0.25) is 0 Å². The van der Waals surface area contributed by atoms with Gasteiger partial charge in [0, 0.05) is 6.08 Å². The first kappa shape index (κ1) is 20.0. The standard InChI is InChI=1S/C21H36O2/c1-17(2)10-8-11-18(3)12-9-13-19(4)16-21(22)23-20-14-6-5-7-15-20/h9,13,16-18,20H,5-8,10-12,14-15H2,1-4H3/b13-9+,19-16+. The van der Waals surface area contributed by atoms with Crippen molar-refractivity contribution in [3.05, 3.63) is 23.8 Å². The Balaban J connectivity index is 2.24. The largest absolute Gasteiger partial charge is 0.459 e. The molecule has 0 bridgehead atoms. The van der Waals surface area contributed by atoms with Crippen molar-refractivity contribution in [3.8, 4) is 0 Å². The summed E-state index contributed by atoms with van der Waals surface area (Å²) in [6.07, 6.45) is 16.8. The fourth-order valence-electron chi connectivity index (χ4n) is 3.09. The van der Waals surface area contributed by atoms with E-state index in [9.17, 15) is 4.79 Å². The molecular formula is C21H36O2. The molecule has 0 amide bonds. The Morgan fingerprint density at radius 3 is 2.48 bits per heavy atom. The van der Waals surface area contributed by atoms with Crippen LogP contribution < -0.4 is 0 Å². The van der Waals surface area contributed by atoms with Crippen LogP contribution >= 0.6 is 0 Å². The van der Waals surface area contributed by atoms with E-state index in [1.165, 1.54) is 38.5 Å². The molecule has 1 aliphatic carbocycles. The molecule has 0 aliphatic heterocycles. The zero-order valence-corrected chi connectivity index (χ0v) is 15.6. The molecule has 1 atom stereocenters. The monoisotopic (exact) mass is 320 g/mol. The second-order valence-corrected chi connectivity index (χ2v) is 7.65. The van der Waals surface area contributed by atoms with E-state index in [-0.39, 0.29) is 12.1 Å². The highest BCUT2D eigenvalue weighted by Crippen LogP contribution is 2.20. The van der Waals surface area contributed by atoms with Gasteiger partial charge in [0.2, 0.25) is 0 Å². The van der Waals surface area contributed by atoms with Gasteiger partial charge in [-0.1, -0.05) is 58.6 Å². The number of esters is 1. The van der Waals surface area contributed by atoms with Crippen LogP contribution in [0.5, 0.6) is 0 Å². The maximum absolute atomic E-state index is 11.9. The summed E-state index contributed by atoms with van der Waals surface area (Å²) in [6.45, 7) is 8.85. The van der Waals surface area contributed by atoms with E-state index < -0.39 is 0 Å². The molecule has 0 heterocycles. The maximum atomic E-state index is 11.9. The SMILES string of the molecule is CC(/C=C/CC(C)CCCC(C)C)=C\C(=O)OC1CCCCC1. The first-order chi connectivity index (χ1) is 11.0. The van der Waals surface area contributed by atoms with E-state index in [2.05, 4.69) is 32.9 Å². The summed E-state index contributed by atoms with van der Waals surface area (Å²) < 4.78 is 5.52. The van der Waals surface area contributed by atoms with Crippen LogP contribution in [0.1, 0.15) is 85.5 Å². The summed E-state index contributed by atoms with van der Waals surface area (Å²) in [7, 11) is 0. The molecule has 132 valence electrons. The fraction of sp³-hybridized carbons (Fsp3) is 0.762. The lowest BCUT2D eigenvalue weighted by Crippen LogP contribution is -2.19. The second-order valence-electron chi connectivity index (χ2n) is 7.65. The van der Waals surface area contributed by atoms with Gasteiger partial charge in [0.15, 0.2) is 0 Å². The van der Waals surface area contributed by atoms with Gasteiger partial charge in [-0.3, -0.25) is 0 Å². The number of hydrogen-bond acceptors (Lipinski definition) is 2. The Morgan fingerprint density at radius 2 is 1.83 bits per heavy atom. The summed E-state index contributed by atoms with van der Waals surface area (Å²) in [6, 6.07) is 0. The number of carbonyl (C=O) groups is 1. The summed E-state index contributed by atoms with van der Waals surface area (Å²) >= 11 is 0. The van der Waals surface area contributed by atoms with Gasteiger partial charge < -0.3 is 4.74 Å². The maximum Gasteiger partial charge on any atom is 0.331 e. The molecule has 0 saturated heterocycles. The molecule has 0 radical (unpaired) electrons. The number of hydrogen-bond donors (Lipinski definition) is 0. The van der Waals surface area contributed by atoms with Crippen molar-refractivity contribution in [2.24, 2.45) is 11.8 Å². The van der Waals surface area contributed by atoms with Crippen LogP contribution in [0.25, 0.3) is 0 Å². The molecule has 1 fully saturated rings. The van der Waals surface area contributed by atoms with Crippen molar-refractivity contribution in [2.75, 3.05) is 0 Å². The van der Waals surface area contributed by atoms with Crippen LogP contribution in [0, 0.1) is 11.8 Å². The summed E-state index contributed by atoms with van der Waals surface area (Å²) in [4.78, 5) is 11.9. The molecule has 0 aromatic carbocycles. The van der Waals surface area contributed by atoms with Gasteiger partial charge in [0.25, 0.3) is 0 Å². The third-order valence-electron chi connectivity index (χ3n) is 4.58. The van der Waals surface area contributed by atoms with Gasteiger partial charge in [-0.15, -0.1) is 0 Å². The molecule has 1 unspecified atom stereocenters. The Labute approximate surface area is 143 Å². The van der Waals surface area contributed by atoms with Crippen LogP contribution in [0.4, 0.5) is 0 Å². The molecule has 1 aliphatic rings. The molecule has 2 nitrogen and oxygen atoms in total. The van der Waals surface area contributed by atoms with Crippen molar-refractivity contribution >= 4 is 5.97 Å². The van der Waals surface area contributed by atoms with Crippen molar-refractivity contribution in [3.63, 3.8) is 0 Å². The van der Waals surface area contributed by atoms with E-state index >= 15 is 0 Å². The highest BCUT2D eigenvalue weighted by Gasteiger charge is 2.16. The van der Waals surface area contributed by atoms with Gasteiger partial charge >= 0.3 is 5.97 Å². The molecule has 0 aromatic heterocycles.